The maximum atomic E-state index is 13.4. The fourth-order valence-electron chi connectivity index (χ4n) is 8.22. The van der Waals surface area contributed by atoms with E-state index >= 15 is 0 Å². The highest BCUT2D eigenvalue weighted by Crippen LogP contribution is 2.42. The van der Waals surface area contributed by atoms with Crippen molar-refractivity contribution in [2.24, 2.45) is 11.8 Å². The Balaban J connectivity index is 0.000000219. The predicted molar refractivity (Wildman–Crippen MR) is 238 cm³/mol. The Kier molecular flexibility index (Phi) is 18.3. The van der Waals surface area contributed by atoms with Crippen molar-refractivity contribution in [3.05, 3.63) is 144 Å². The molecular formula is C50H60N2O14. The van der Waals surface area contributed by atoms with Crippen LogP contribution in [0.4, 0.5) is 9.59 Å². The van der Waals surface area contributed by atoms with E-state index in [0.717, 1.165) is 22.3 Å². The van der Waals surface area contributed by atoms with Crippen LogP contribution in [0.2, 0.25) is 0 Å². The molecule has 10 atom stereocenters. The van der Waals surface area contributed by atoms with Gasteiger partial charge in [-0.15, -0.1) is 0 Å². The summed E-state index contributed by atoms with van der Waals surface area (Å²) in [5, 5.41) is 35.2. The lowest BCUT2D eigenvalue weighted by molar-refractivity contribution is -0.213. The van der Waals surface area contributed by atoms with Crippen LogP contribution in [0.1, 0.15) is 48.9 Å². The third-order valence-electron chi connectivity index (χ3n) is 11.6. The minimum atomic E-state index is -1.07. The van der Waals surface area contributed by atoms with Gasteiger partial charge in [0.1, 0.15) is 25.4 Å². The van der Waals surface area contributed by atoms with Gasteiger partial charge in [-0.3, -0.25) is 9.59 Å². The number of hydrogen-bond donors (Lipinski definition) is 5. The molecule has 3 heterocycles. The molecule has 0 spiro atoms. The van der Waals surface area contributed by atoms with Crippen molar-refractivity contribution in [3.8, 4) is 0 Å². The first kappa shape index (κ1) is 49.9. The fraction of sp³-hybridized carbons (Fsp3) is 0.440. The summed E-state index contributed by atoms with van der Waals surface area (Å²) < 4.78 is 38.7. The molecule has 4 aromatic rings. The number of benzene rings is 4. The van der Waals surface area contributed by atoms with Gasteiger partial charge in [-0.2, -0.15) is 0 Å². The number of nitrogens with one attached hydrogen (secondary N) is 2. The summed E-state index contributed by atoms with van der Waals surface area (Å²) in [7, 11) is 1.38. The Labute approximate surface area is 384 Å². The van der Waals surface area contributed by atoms with Crippen LogP contribution in [-0.4, -0.2) is 114 Å². The smallest absolute Gasteiger partial charge is 0.408 e. The molecule has 0 radical (unpaired) electrons. The van der Waals surface area contributed by atoms with Gasteiger partial charge in [0.2, 0.25) is 0 Å². The molecule has 2 unspecified atom stereocenters. The molecule has 5 N–H and O–H groups in total. The van der Waals surface area contributed by atoms with Crippen LogP contribution in [0.25, 0.3) is 0 Å². The number of rotatable bonds is 19. The topological polar surface area (TPSA) is 218 Å². The molecule has 0 bridgehead atoms. The van der Waals surface area contributed by atoms with E-state index in [9.17, 15) is 34.5 Å². The molecule has 16 heteroatoms. The lowest BCUT2D eigenvalue weighted by Crippen LogP contribution is -2.45. The molecule has 7 rings (SSSR count). The van der Waals surface area contributed by atoms with Gasteiger partial charge in [-0.1, -0.05) is 121 Å². The fourth-order valence-corrected chi connectivity index (χ4v) is 8.22. The number of ether oxygens (including phenoxy) is 7. The highest BCUT2D eigenvalue weighted by Gasteiger charge is 2.55. The van der Waals surface area contributed by atoms with Crippen molar-refractivity contribution in [1.82, 2.24) is 10.6 Å². The highest BCUT2D eigenvalue weighted by atomic mass is 16.8. The van der Waals surface area contributed by atoms with E-state index in [1.54, 1.807) is 13.8 Å². The van der Waals surface area contributed by atoms with E-state index in [2.05, 4.69) is 10.6 Å². The van der Waals surface area contributed by atoms with Crippen LogP contribution in [0, 0.1) is 11.8 Å². The van der Waals surface area contributed by atoms with Crippen molar-refractivity contribution in [3.63, 3.8) is 0 Å². The zero-order chi connectivity index (χ0) is 47.1. The normalized spacial score (nSPS) is 24.8. The maximum Gasteiger partial charge on any atom is 0.408 e. The minimum Gasteiger partial charge on any atom is -0.445 e. The van der Waals surface area contributed by atoms with E-state index in [-0.39, 0.29) is 57.3 Å². The Morgan fingerprint density at radius 3 is 1.44 bits per heavy atom. The van der Waals surface area contributed by atoms with Crippen LogP contribution in [0.3, 0.4) is 0 Å². The number of fused-ring (bicyclic) bond motifs is 1. The molecule has 3 saturated heterocycles. The van der Waals surface area contributed by atoms with E-state index in [1.807, 2.05) is 121 Å². The van der Waals surface area contributed by atoms with Crippen LogP contribution >= 0.6 is 0 Å². The monoisotopic (exact) mass is 912 g/mol. The molecule has 0 aliphatic carbocycles. The zero-order valence-electron chi connectivity index (χ0n) is 37.3. The first-order valence-corrected chi connectivity index (χ1v) is 22.0. The molecular weight excluding hydrogens is 853 g/mol. The third kappa shape index (κ3) is 14.2. The van der Waals surface area contributed by atoms with Crippen molar-refractivity contribution in [1.29, 1.82) is 0 Å². The van der Waals surface area contributed by atoms with E-state index in [4.69, 9.17) is 33.2 Å². The molecule has 3 fully saturated rings. The summed E-state index contributed by atoms with van der Waals surface area (Å²) in [5.74, 6) is -2.38. The van der Waals surface area contributed by atoms with Gasteiger partial charge in [-0.05, 0) is 48.9 Å². The number of amides is 2. The standard InChI is InChI=1S/C26H31NO7.C24H29NO7/c1-26(2)33-23-19(22(15-28)32-24(23)34-26)14-21(29)20(13-17-9-5-3-6-10-17)27-25(30)31-16-18-11-7-4-8-12-18;1-30-23-22(28)18(21(14-26)32-23)13-20(27)19(12-16-8-4-2-5-9-16)25-24(29)31-15-17-10-6-3-7-11-17/h3-12,19-20,22-24,28H,13-16H2,1-2H3,(H,27,30);2-11,18-19,21-23,26,28H,12-15H2,1H3,(H,25,29)/t19-,20-,22+,23?,24+;18-,19-,21+,22?,23+/m00/s1. The van der Waals surface area contributed by atoms with Gasteiger partial charge < -0.3 is 59.1 Å². The largest absolute Gasteiger partial charge is 0.445 e. The molecule has 4 aromatic carbocycles. The second-order valence-electron chi connectivity index (χ2n) is 16.8. The average molecular weight is 913 g/mol. The minimum absolute atomic E-state index is 0.0578. The lowest BCUT2D eigenvalue weighted by atomic mass is 9.89. The zero-order valence-corrected chi connectivity index (χ0v) is 37.3. The number of ketones is 2. The predicted octanol–water partition coefficient (Wildman–Crippen LogP) is 4.79. The number of carbonyl (C=O) groups is 4. The summed E-state index contributed by atoms with van der Waals surface area (Å²) in [6.07, 6.45) is -5.25. The van der Waals surface area contributed by atoms with Crippen molar-refractivity contribution in [2.45, 2.75) is 108 Å². The molecule has 3 aliphatic rings. The number of carbonyl (C=O) groups excluding carboxylic acids is 4. The second kappa shape index (κ2) is 24.3. The van der Waals surface area contributed by atoms with Crippen molar-refractivity contribution >= 4 is 23.8 Å². The molecule has 2 amide bonds. The lowest BCUT2D eigenvalue weighted by Gasteiger charge is -2.26. The molecule has 3 aliphatic heterocycles. The third-order valence-corrected chi connectivity index (χ3v) is 11.6. The number of alkyl carbamates (subject to hydrolysis) is 2. The van der Waals surface area contributed by atoms with Gasteiger partial charge in [0.15, 0.2) is 29.9 Å². The summed E-state index contributed by atoms with van der Waals surface area (Å²) in [5.41, 5.74) is 3.46. The van der Waals surface area contributed by atoms with E-state index < -0.39 is 78.9 Å². The van der Waals surface area contributed by atoms with Crippen LogP contribution < -0.4 is 10.6 Å². The number of aliphatic hydroxyl groups is 3. The number of aliphatic hydroxyl groups excluding tert-OH is 3. The summed E-state index contributed by atoms with van der Waals surface area (Å²) in [6.45, 7) is 3.13. The van der Waals surface area contributed by atoms with Gasteiger partial charge in [0.05, 0.1) is 37.5 Å². The van der Waals surface area contributed by atoms with Gasteiger partial charge in [-0.25, -0.2) is 9.59 Å². The first-order valence-electron chi connectivity index (χ1n) is 22.0. The average Bonchev–Trinajstić information content (AvgIpc) is 3.93. The quantitative estimate of drug-likeness (QED) is 0.0855. The Morgan fingerprint density at radius 2 is 1.02 bits per heavy atom. The molecule has 0 saturated carbocycles. The molecule has 0 aromatic heterocycles. The number of Topliss-reactive ketones (excluding diaryl/α,β-unsaturated/α-hetero) is 2. The number of methoxy groups -OCH3 is 1. The SMILES string of the molecule is CC1(C)OC2[C@H](O[C@H](CO)[C@@H]2CC(=O)[C@H](Cc2ccccc2)NC(=O)OCc2ccccc2)O1.CO[C@@H]1O[C@H](CO)[C@H](CC(=O)[C@H](Cc2ccccc2)NC(=O)OCc2ccccc2)C1O. The summed E-state index contributed by atoms with van der Waals surface area (Å²) in [6, 6.07) is 35.6. The van der Waals surface area contributed by atoms with Gasteiger partial charge in [0, 0.05) is 31.8 Å². The van der Waals surface area contributed by atoms with E-state index in [0.29, 0.717) is 6.42 Å². The maximum absolute atomic E-state index is 13.4. The van der Waals surface area contributed by atoms with Crippen molar-refractivity contribution < 1.29 is 67.7 Å². The van der Waals surface area contributed by atoms with Gasteiger partial charge >= 0.3 is 12.2 Å². The number of hydrogen-bond acceptors (Lipinski definition) is 14. The van der Waals surface area contributed by atoms with Crippen LogP contribution in [0.5, 0.6) is 0 Å². The molecule has 66 heavy (non-hydrogen) atoms. The molecule has 354 valence electrons. The summed E-state index contributed by atoms with van der Waals surface area (Å²) in [4.78, 5) is 51.6. The Hall–Kier alpha value is -5.56. The Morgan fingerprint density at radius 1 is 0.606 bits per heavy atom. The van der Waals surface area contributed by atoms with Crippen molar-refractivity contribution in [2.75, 3.05) is 20.3 Å². The van der Waals surface area contributed by atoms with Gasteiger partial charge in [0.25, 0.3) is 0 Å². The second-order valence-corrected chi connectivity index (χ2v) is 16.8. The van der Waals surface area contributed by atoms with Crippen LogP contribution in [0.15, 0.2) is 121 Å². The highest BCUT2D eigenvalue weighted by molar-refractivity contribution is 5.88. The molecule has 16 nitrogen and oxygen atoms in total. The summed E-state index contributed by atoms with van der Waals surface area (Å²) >= 11 is 0. The Bertz CT molecular complexity index is 2130. The first-order chi connectivity index (χ1) is 31.9. The van der Waals surface area contributed by atoms with E-state index in [1.165, 1.54) is 7.11 Å². The van der Waals surface area contributed by atoms with Crippen LogP contribution in [-0.2, 0) is 68.8 Å².